The first-order valence-electron chi connectivity index (χ1n) is 7.69. The Morgan fingerprint density at radius 1 is 1.33 bits per heavy atom. The Balaban J connectivity index is 1.96. The molecule has 0 aromatic heterocycles. The molecule has 0 radical (unpaired) electrons. The lowest BCUT2D eigenvalue weighted by molar-refractivity contribution is -0.130. The molecule has 0 spiro atoms. The van der Waals surface area contributed by atoms with Gasteiger partial charge in [0.05, 0.1) is 12.2 Å². The molecular formula is C14H23F3N2OS. The SMILES string of the molecule is CCCC1NC(C2CCCC2)N(CCSC(F)(F)F)C1=O. The minimum Gasteiger partial charge on any atom is -0.325 e. The highest BCUT2D eigenvalue weighted by atomic mass is 32.2. The summed E-state index contributed by atoms with van der Waals surface area (Å²) >= 11 is -0.0401. The first kappa shape index (κ1) is 16.9. The van der Waals surface area contributed by atoms with E-state index in [4.69, 9.17) is 0 Å². The zero-order chi connectivity index (χ0) is 15.5. The Morgan fingerprint density at radius 3 is 2.57 bits per heavy atom. The van der Waals surface area contributed by atoms with Crippen LogP contribution in [0.4, 0.5) is 13.2 Å². The van der Waals surface area contributed by atoms with Gasteiger partial charge >= 0.3 is 5.51 Å². The van der Waals surface area contributed by atoms with Gasteiger partial charge in [-0.2, -0.15) is 13.2 Å². The number of halogens is 3. The van der Waals surface area contributed by atoms with Crippen LogP contribution >= 0.6 is 11.8 Å². The molecule has 1 aliphatic heterocycles. The largest absolute Gasteiger partial charge is 0.441 e. The number of nitrogens with one attached hydrogen (secondary N) is 1. The second kappa shape index (κ2) is 7.22. The summed E-state index contributed by atoms with van der Waals surface area (Å²) in [5.74, 6) is 0.294. The fourth-order valence-electron chi connectivity index (χ4n) is 3.37. The predicted molar refractivity (Wildman–Crippen MR) is 77.8 cm³/mol. The minimum absolute atomic E-state index is 0.0171. The predicted octanol–water partition coefficient (Wildman–Crippen LogP) is 3.36. The van der Waals surface area contributed by atoms with Gasteiger partial charge in [-0.15, -0.1) is 0 Å². The number of thioether (sulfide) groups is 1. The van der Waals surface area contributed by atoms with E-state index in [0.717, 1.165) is 38.5 Å². The van der Waals surface area contributed by atoms with Crippen LogP contribution in [0.5, 0.6) is 0 Å². The molecule has 0 aromatic rings. The highest BCUT2D eigenvalue weighted by Crippen LogP contribution is 2.34. The van der Waals surface area contributed by atoms with Crippen LogP contribution in [-0.4, -0.2) is 40.8 Å². The Kier molecular flexibility index (Phi) is 5.82. The van der Waals surface area contributed by atoms with E-state index in [1.807, 2.05) is 6.92 Å². The van der Waals surface area contributed by atoms with Crippen LogP contribution in [0.1, 0.15) is 45.4 Å². The molecule has 1 aliphatic carbocycles. The summed E-state index contributed by atoms with van der Waals surface area (Å²) in [6.45, 7) is 2.19. The smallest absolute Gasteiger partial charge is 0.325 e. The highest BCUT2D eigenvalue weighted by Gasteiger charge is 2.42. The van der Waals surface area contributed by atoms with Crippen LogP contribution in [0.15, 0.2) is 0 Å². The molecule has 1 heterocycles. The molecule has 1 saturated carbocycles. The molecule has 7 heteroatoms. The van der Waals surface area contributed by atoms with Crippen molar-refractivity contribution in [2.24, 2.45) is 5.92 Å². The molecule has 1 saturated heterocycles. The maximum absolute atomic E-state index is 12.4. The molecule has 2 aliphatic rings. The van der Waals surface area contributed by atoms with Gasteiger partial charge in [0.1, 0.15) is 0 Å². The molecule has 2 fully saturated rings. The first-order chi connectivity index (χ1) is 9.92. The summed E-state index contributed by atoms with van der Waals surface area (Å²) in [6.07, 6.45) is 6.02. The average molecular weight is 324 g/mol. The van der Waals surface area contributed by atoms with Crippen molar-refractivity contribution >= 4 is 17.7 Å². The van der Waals surface area contributed by atoms with Gasteiger partial charge in [0.2, 0.25) is 5.91 Å². The van der Waals surface area contributed by atoms with Crippen molar-refractivity contribution in [3.63, 3.8) is 0 Å². The van der Waals surface area contributed by atoms with Gasteiger partial charge in [0.25, 0.3) is 0 Å². The molecule has 1 N–H and O–H groups in total. The molecule has 122 valence electrons. The zero-order valence-corrected chi connectivity index (χ0v) is 13.1. The Labute approximate surface area is 128 Å². The molecule has 0 aromatic carbocycles. The minimum atomic E-state index is -4.22. The number of rotatable bonds is 6. The number of alkyl halides is 3. The molecular weight excluding hydrogens is 301 g/mol. The van der Waals surface area contributed by atoms with Crippen molar-refractivity contribution < 1.29 is 18.0 Å². The number of carbonyl (C=O) groups is 1. The van der Waals surface area contributed by atoms with E-state index in [1.165, 1.54) is 0 Å². The lowest BCUT2D eigenvalue weighted by Crippen LogP contribution is -2.43. The summed E-state index contributed by atoms with van der Waals surface area (Å²) in [6, 6.07) is -0.212. The fraction of sp³-hybridized carbons (Fsp3) is 0.929. The third-order valence-electron chi connectivity index (χ3n) is 4.31. The summed E-state index contributed by atoms with van der Waals surface area (Å²) in [4.78, 5) is 14.1. The van der Waals surface area contributed by atoms with E-state index < -0.39 is 5.51 Å². The van der Waals surface area contributed by atoms with E-state index in [0.29, 0.717) is 5.92 Å². The van der Waals surface area contributed by atoms with E-state index in [-0.39, 0.29) is 42.2 Å². The van der Waals surface area contributed by atoms with Gasteiger partial charge in [-0.3, -0.25) is 10.1 Å². The fourth-order valence-corrected chi connectivity index (χ4v) is 3.89. The van der Waals surface area contributed by atoms with Crippen molar-refractivity contribution in [2.45, 2.75) is 63.2 Å². The van der Waals surface area contributed by atoms with E-state index >= 15 is 0 Å². The molecule has 2 atom stereocenters. The molecule has 3 nitrogen and oxygen atoms in total. The Bertz CT molecular complexity index is 359. The summed E-state index contributed by atoms with van der Waals surface area (Å²) in [5.41, 5.74) is -4.22. The van der Waals surface area contributed by atoms with Gasteiger partial charge in [-0.05, 0) is 36.9 Å². The van der Waals surface area contributed by atoms with Crippen molar-refractivity contribution in [1.29, 1.82) is 0 Å². The standard InChI is InChI=1S/C14H23F3N2OS/c1-2-5-11-13(20)19(8-9-21-14(15,16)17)12(18-11)10-6-3-4-7-10/h10-12,18H,2-9H2,1H3. The van der Waals surface area contributed by atoms with Crippen molar-refractivity contribution in [3.05, 3.63) is 0 Å². The van der Waals surface area contributed by atoms with Gasteiger partial charge in [0.15, 0.2) is 0 Å². The number of hydrogen-bond acceptors (Lipinski definition) is 3. The van der Waals surface area contributed by atoms with E-state index in [1.54, 1.807) is 4.90 Å². The third kappa shape index (κ3) is 4.52. The quantitative estimate of drug-likeness (QED) is 0.813. The van der Waals surface area contributed by atoms with Gasteiger partial charge < -0.3 is 4.90 Å². The lowest BCUT2D eigenvalue weighted by Gasteiger charge is -2.29. The van der Waals surface area contributed by atoms with Crippen molar-refractivity contribution in [2.75, 3.05) is 12.3 Å². The number of amides is 1. The second-order valence-electron chi connectivity index (χ2n) is 5.82. The van der Waals surface area contributed by atoms with Crippen LogP contribution < -0.4 is 5.32 Å². The summed E-state index contributed by atoms with van der Waals surface area (Å²) in [5, 5.41) is 3.37. The van der Waals surface area contributed by atoms with Gasteiger partial charge in [-0.1, -0.05) is 26.2 Å². The molecule has 21 heavy (non-hydrogen) atoms. The lowest BCUT2D eigenvalue weighted by atomic mass is 10.0. The second-order valence-corrected chi connectivity index (χ2v) is 6.98. The normalized spacial score (nSPS) is 27.8. The number of nitrogens with zero attached hydrogens (tertiary/aromatic N) is 1. The van der Waals surface area contributed by atoms with Gasteiger partial charge in [0, 0.05) is 12.3 Å². The van der Waals surface area contributed by atoms with Crippen LogP contribution in [0.3, 0.4) is 0 Å². The molecule has 0 bridgehead atoms. The van der Waals surface area contributed by atoms with Crippen LogP contribution in [0, 0.1) is 5.92 Å². The maximum atomic E-state index is 12.4. The summed E-state index contributed by atoms with van der Waals surface area (Å²) in [7, 11) is 0. The third-order valence-corrected chi connectivity index (χ3v) is 5.02. The first-order valence-corrected chi connectivity index (χ1v) is 8.68. The average Bonchev–Trinajstić information content (AvgIpc) is 3.00. The van der Waals surface area contributed by atoms with Crippen LogP contribution in [0.25, 0.3) is 0 Å². The number of hydrogen-bond donors (Lipinski definition) is 1. The molecule has 2 unspecified atom stereocenters. The molecule has 1 amide bonds. The van der Waals surface area contributed by atoms with Crippen molar-refractivity contribution in [3.8, 4) is 0 Å². The maximum Gasteiger partial charge on any atom is 0.441 e. The topological polar surface area (TPSA) is 32.3 Å². The molecule has 2 rings (SSSR count). The summed E-state index contributed by atoms with van der Waals surface area (Å²) < 4.78 is 36.8. The monoisotopic (exact) mass is 324 g/mol. The highest BCUT2D eigenvalue weighted by molar-refractivity contribution is 8.00. The number of carbonyl (C=O) groups excluding carboxylic acids is 1. The van der Waals surface area contributed by atoms with E-state index in [9.17, 15) is 18.0 Å². The van der Waals surface area contributed by atoms with E-state index in [2.05, 4.69) is 5.32 Å². The Morgan fingerprint density at radius 2 is 2.00 bits per heavy atom. The zero-order valence-electron chi connectivity index (χ0n) is 12.3. The van der Waals surface area contributed by atoms with Crippen LogP contribution in [-0.2, 0) is 4.79 Å². The van der Waals surface area contributed by atoms with Crippen molar-refractivity contribution in [1.82, 2.24) is 10.2 Å². The van der Waals surface area contributed by atoms with Crippen LogP contribution in [0.2, 0.25) is 0 Å². The Hall–Kier alpha value is -0.430. The van der Waals surface area contributed by atoms with Gasteiger partial charge in [-0.25, -0.2) is 0 Å².